The molecule has 1 aliphatic rings. The molecule has 5 heteroatoms. The Bertz CT molecular complexity index is 759. The molecule has 1 heterocycles. The van der Waals surface area contributed by atoms with E-state index in [2.05, 4.69) is 5.32 Å². The lowest BCUT2D eigenvalue weighted by Crippen LogP contribution is -2.31. The minimum atomic E-state index is 0.0494. The standard InChI is InChI=1S/C22H26N2O3/c1-27-20-9-7-17(8-10-20)14-22(26)24-12-11-19(16-24)13-21(25)23-15-18-5-3-2-4-6-18/h2-10,19H,11-16H2,1H3,(H,23,25). The van der Waals surface area contributed by atoms with Gasteiger partial charge in [-0.3, -0.25) is 9.59 Å². The van der Waals surface area contributed by atoms with E-state index in [1.807, 2.05) is 59.5 Å². The lowest BCUT2D eigenvalue weighted by atomic mass is 10.0. The lowest BCUT2D eigenvalue weighted by molar-refractivity contribution is -0.130. The number of hydrogen-bond donors (Lipinski definition) is 1. The van der Waals surface area contributed by atoms with E-state index in [9.17, 15) is 9.59 Å². The van der Waals surface area contributed by atoms with Gasteiger partial charge in [0.05, 0.1) is 13.5 Å². The van der Waals surface area contributed by atoms with Gasteiger partial charge in [-0.2, -0.15) is 0 Å². The number of amides is 2. The fourth-order valence-electron chi connectivity index (χ4n) is 3.39. The van der Waals surface area contributed by atoms with Crippen molar-refractivity contribution in [1.29, 1.82) is 0 Å². The predicted octanol–water partition coefficient (Wildman–Crippen LogP) is 2.79. The van der Waals surface area contributed by atoms with Crippen molar-refractivity contribution in [3.05, 3.63) is 65.7 Å². The molecule has 1 unspecified atom stereocenters. The van der Waals surface area contributed by atoms with Crippen molar-refractivity contribution in [2.24, 2.45) is 5.92 Å². The van der Waals surface area contributed by atoms with E-state index in [0.717, 1.165) is 29.8 Å². The Balaban J connectivity index is 1.42. The number of rotatable bonds is 7. The van der Waals surface area contributed by atoms with E-state index >= 15 is 0 Å². The van der Waals surface area contributed by atoms with Gasteiger partial charge in [-0.1, -0.05) is 42.5 Å². The molecule has 1 saturated heterocycles. The summed E-state index contributed by atoms with van der Waals surface area (Å²) in [6, 6.07) is 17.4. The summed E-state index contributed by atoms with van der Waals surface area (Å²) in [6.45, 7) is 1.94. The van der Waals surface area contributed by atoms with Crippen molar-refractivity contribution in [3.63, 3.8) is 0 Å². The monoisotopic (exact) mass is 366 g/mol. The molecular weight excluding hydrogens is 340 g/mol. The van der Waals surface area contributed by atoms with Crippen LogP contribution in [0.4, 0.5) is 0 Å². The van der Waals surface area contributed by atoms with Crippen molar-refractivity contribution < 1.29 is 14.3 Å². The van der Waals surface area contributed by atoms with Crippen LogP contribution in [0.2, 0.25) is 0 Å². The van der Waals surface area contributed by atoms with Crippen LogP contribution in [-0.2, 0) is 22.6 Å². The smallest absolute Gasteiger partial charge is 0.226 e. The highest BCUT2D eigenvalue weighted by atomic mass is 16.5. The largest absolute Gasteiger partial charge is 0.497 e. The minimum absolute atomic E-state index is 0.0494. The van der Waals surface area contributed by atoms with E-state index in [0.29, 0.717) is 25.9 Å². The zero-order valence-electron chi connectivity index (χ0n) is 15.7. The van der Waals surface area contributed by atoms with Crippen LogP contribution in [0.15, 0.2) is 54.6 Å². The van der Waals surface area contributed by atoms with Gasteiger partial charge in [0, 0.05) is 26.1 Å². The number of nitrogens with one attached hydrogen (secondary N) is 1. The fraction of sp³-hybridized carbons (Fsp3) is 0.364. The molecule has 3 rings (SSSR count). The molecule has 0 spiro atoms. The zero-order valence-corrected chi connectivity index (χ0v) is 15.7. The van der Waals surface area contributed by atoms with Crippen molar-refractivity contribution in [2.75, 3.05) is 20.2 Å². The quantitative estimate of drug-likeness (QED) is 0.820. The molecule has 0 aromatic heterocycles. The van der Waals surface area contributed by atoms with Crippen LogP contribution >= 0.6 is 0 Å². The molecule has 2 aromatic carbocycles. The molecule has 1 atom stereocenters. The van der Waals surface area contributed by atoms with Crippen molar-refractivity contribution in [2.45, 2.75) is 25.8 Å². The molecule has 27 heavy (non-hydrogen) atoms. The first-order valence-electron chi connectivity index (χ1n) is 9.35. The molecular formula is C22H26N2O3. The number of nitrogens with zero attached hydrogens (tertiary/aromatic N) is 1. The zero-order chi connectivity index (χ0) is 19.1. The van der Waals surface area contributed by atoms with E-state index < -0.39 is 0 Å². The van der Waals surface area contributed by atoms with Gasteiger partial charge in [0.2, 0.25) is 11.8 Å². The Hall–Kier alpha value is -2.82. The summed E-state index contributed by atoms with van der Waals surface area (Å²) in [7, 11) is 1.63. The molecule has 0 saturated carbocycles. The number of carbonyl (C=O) groups excluding carboxylic acids is 2. The maximum Gasteiger partial charge on any atom is 0.226 e. The third-order valence-corrected chi connectivity index (χ3v) is 4.96. The minimum Gasteiger partial charge on any atom is -0.497 e. The molecule has 0 aliphatic carbocycles. The lowest BCUT2D eigenvalue weighted by Gasteiger charge is -2.17. The summed E-state index contributed by atoms with van der Waals surface area (Å²) in [5.41, 5.74) is 2.07. The Morgan fingerprint density at radius 1 is 1.07 bits per heavy atom. The van der Waals surface area contributed by atoms with Crippen LogP contribution in [0.25, 0.3) is 0 Å². The van der Waals surface area contributed by atoms with E-state index in [1.54, 1.807) is 7.11 Å². The molecule has 142 valence electrons. The maximum absolute atomic E-state index is 12.5. The van der Waals surface area contributed by atoms with Gasteiger partial charge in [-0.15, -0.1) is 0 Å². The Morgan fingerprint density at radius 3 is 2.52 bits per heavy atom. The Morgan fingerprint density at radius 2 is 1.81 bits per heavy atom. The number of benzene rings is 2. The van der Waals surface area contributed by atoms with Crippen molar-refractivity contribution >= 4 is 11.8 Å². The van der Waals surface area contributed by atoms with Crippen LogP contribution in [0, 0.1) is 5.92 Å². The second kappa shape index (κ2) is 9.21. The molecule has 1 N–H and O–H groups in total. The third-order valence-electron chi connectivity index (χ3n) is 4.96. The molecule has 0 radical (unpaired) electrons. The average molecular weight is 366 g/mol. The number of methoxy groups -OCH3 is 1. The van der Waals surface area contributed by atoms with Crippen LogP contribution < -0.4 is 10.1 Å². The molecule has 2 amide bonds. The van der Waals surface area contributed by atoms with Crippen LogP contribution in [0.3, 0.4) is 0 Å². The summed E-state index contributed by atoms with van der Waals surface area (Å²) in [5, 5.41) is 2.97. The molecule has 1 fully saturated rings. The number of hydrogen-bond acceptors (Lipinski definition) is 3. The summed E-state index contributed by atoms with van der Waals surface area (Å²) in [5.74, 6) is 1.19. The molecule has 5 nitrogen and oxygen atoms in total. The van der Waals surface area contributed by atoms with E-state index in [1.165, 1.54) is 0 Å². The van der Waals surface area contributed by atoms with E-state index in [-0.39, 0.29) is 17.7 Å². The average Bonchev–Trinajstić information content (AvgIpc) is 3.16. The first-order chi connectivity index (χ1) is 13.1. The van der Waals surface area contributed by atoms with Crippen LogP contribution in [0.1, 0.15) is 24.0 Å². The topological polar surface area (TPSA) is 58.6 Å². The molecule has 0 bridgehead atoms. The van der Waals surface area contributed by atoms with Gasteiger partial charge < -0.3 is 15.0 Å². The van der Waals surface area contributed by atoms with Crippen molar-refractivity contribution in [3.8, 4) is 5.75 Å². The number of ether oxygens (including phenoxy) is 1. The van der Waals surface area contributed by atoms with Gasteiger partial charge >= 0.3 is 0 Å². The second-order valence-corrected chi connectivity index (χ2v) is 6.99. The Labute approximate surface area is 160 Å². The van der Waals surface area contributed by atoms with Gasteiger partial charge in [-0.25, -0.2) is 0 Å². The van der Waals surface area contributed by atoms with E-state index in [4.69, 9.17) is 4.74 Å². The molecule has 1 aliphatic heterocycles. The number of likely N-dealkylation sites (tertiary alicyclic amines) is 1. The normalized spacial score (nSPS) is 16.2. The maximum atomic E-state index is 12.5. The van der Waals surface area contributed by atoms with Crippen LogP contribution in [0.5, 0.6) is 5.75 Å². The molecule has 2 aromatic rings. The van der Waals surface area contributed by atoms with Crippen LogP contribution in [-0.4, -0.2) is 36.9 Å². The second-order valence-electron chi connectivity index (χ2n) is 6.99. The highest BCUT2D eigenvalue weighted by Crippen LogP contribution is 2.21. The first-order valence-corrected chi connectivity index (χ1v) is 9.35. The summed E-state index contributed by atoms with van der Waals surface area (Å²) >= 11 is 0. The summed E-state index contributed by atoms with van der Waals surface area (Å²) < 4.78 is 5.14. The van der Waals surface area contributed by atoms with Gasteiger partial charge in [0.15, 0.2) is 0 Å². The van der Waals surface area contributed by atoms with Gasteiger partial charge in [0.1, 0.15) is 5.75 Å². The summed E-state index contributed by atoms with van der Waals surface area (Å²) in [6.07, 6.45) is 1.74. The predicted molar refractivity (Wildman–Crippen MR) is 104 cm³/mol. The van der Waals surface area contributed by atoms with Gasteiger partial charge in [0.25, 0.3) is 0 Å². The van der Waals surface area contributed by atoms with Crippen molar-refractivity contribution in [1.82, 2.24) is 10.2 Å². The van der Waals surface area contributed by atoms with Gasteiger partial charge in [-0.05, 0) is 35.6 Å². The third kappa shape index (κ3) is 5.58. The SMILES string of the molecule is COc1ccc(CC(=O)N2CCC(CC(=O)NCc3ccccc3)C2)cc1. The summed E-state index contributed by atoms with van der Waals surface area (Å²) in [4.78, 5) is 26.6. The fourth-order valence-corrected chi connectivity index (χ4v) is 3.39. The highest BCUT2D eigenvalue weighted by Gasteiger charge is 2.27. The Kier molecular flexibility index (Phi) is 6.47. The number of carbonyl (C=O) groups is 2. The first kappa shape index (κ1) is 19.0. The highest BCUT2D eigenvalue weighted by molar-refractivity contribution is 5.79.